The Morgan fingerprint density at radius 3 is 2.88 bits per heavy atom. The van der Waals surface area contributed by atoms with Crippen molar-refractivity contribution in [3.63, 3.8) is 0 Å². The minimum atomic E-state index is 0.362. The Labute approximate surface area is 111 Å². The van der Waals surface area contributed by atoms with Gasteiger partial charge in [-0.1, -0.05) is 0 Å². The molecule has 0 saturated carbocycles. The Morgan fingerprint density at radius 2 is 2.24 bits per heavy atom. The highest BCUT2D eigenvalue weighted by atomic mass is 32.2. The summed E-state index contributed by atoms with van der Waals surface area (Å²) in [5.74, 6) is 2.66. The zero-order valence-corrected chi connectivity index (χ0v) is 12.4. The molecule has 1 heterocycles. The highest BCUT2D eigenvalue weighted by Crippen LogP contribution is 2.20. The third-order valence-corrected chi connectivity index (χ3v) is 4.26. The number of rotatable bonds is 9. The van der Waals surface area contributed by atoms with Gasteiger partial charge in [-0.25, -0.2) is 0 Å². The second-order valence-corrected chi connectivity index (χ2v) is 6.17. The molecular formula is C13H28N2OS. The van der Waals surface area contributed by atoms with Crippen LogP contribution < -0.4 is 5.32 Å². The number of thioether (sulfide) groups is 1. The van der Waals surface area contributed by atoms with E-state index in [9.17, 15) is 0 Å². The zero-order valence-electron chi connectivity index (χ0n) is 11.6. The molecule has 1 saturated heterocycles. The van der Waals surface area contributed by atoms with Crippen LogP contribution in [0.4, 0.5) is 0 Å². The summed E-state index contributed by atoms with van der Waals surface area (Å²) in [5, 5.41) is 3.49. The first-order valence-corrected chi connectivity index (χ1v) is 7.96. The van der Waals surface area contributed by atoms with E-state index in [1.54, 1.807) is 0 Å². The molecule has 1 rings (SSSR count). The van der Waals surface area contributed by atoms with Crippen LogP contribution in [0.15, 0.2) is 0 Å². The summed E-state index contributed by atoms with van der Waals surface area (Å²) in [7, 11) is 2.25. The number of hydrogen-bond acceptors (Lipinski definition) is 4. The summed E-state index contributed by atoms with van der Waals surface area (Å²) in [6.07, 6.45) is 2.84. The van der Waals surface area contributed by atoms with Crippen LogP contribution in [0, 0.1) is 0 Å². The van der Waals surface area contributed by atoms with Crippen LogP contribution in [0.1, 0.15) is 26.7 Å². The molecular weight excluding hydrogens is 232 g/mol. The molecule has 0 amide bonds. The van der Waals surface area contributed by atoms with Crippen molar-refractivity contribution in [3.05, 3.63) is 0 Å². The second kappa shape index (κ2) is 9.20. The van der Waals surface area contributed by atoms with Gasteiger partial charge < -0.3 is 15.0 Å². The number of nitrogens with zero attached hydrogens (tertiary/aromatic N) is 1. The average Bonchev–Trinajstić information content (AvgIpc) is 2.80. The van der Waals surface area contributed by atoms with Gasteiger partial charge in [0.25, 0.3) is 0 Å². The second-order valence-electron chi connectivity index (χ2n) is 5.02. The van der Waals surface area contributed by atoms with Gasteiger partial charge in [0.05, 0.1) is 6.10 Å². The maximum atomic E-state index is 5.50. The normalized spacial score (nSPS) is 20.6. The molecule has 0 aromatic rings. The number of ether oxygens (including phenoxy) is 1. The highest BCUT2D eigenvalue weighted by molar-refractivity contribution is 7.99. The molecule has 0 bridgehead atoms. The van der Waals surface area contributed by atoms with Crippen molar-refractivity contribution in [2.45, 2.75) is 38.8 Å². The van der Waals surface area contributed by atoms with E-state index >= 15 is 0 Å². The maximum Gasteiger partial charge on any atom is 0.0518 e. The molecule has 0 spiro atoms. The molecule has 0 radical (unpaired) electrons. The highest BCUT2D eigenvalue weighted by Gasteiger charge is 2.18. The summed E-state index contributed by atoms with van der Waals surface area (Å²) < 4.78 is 5.50. The van der Waals surface area contributed by atoms with E-state index in [2.05, 4.69) is 42.9 Å². The average molecular weight is 260 g/mol. The van der Waals surface area contributed by atoms with Crippen molar-refractivity contribution < 1.29 is 4.74 Å². The van der Waals surface area contributed by atoms with Gasteiger partial charge in [0.2, 0.25) is 0 Å². The van der Waals surface area contributed by atoms with Gasteiger partial charge in [-0.2, -0.15) is 11.8 Å². The predicted octanol–water partition coefficient (Wildman–Crippen LogP) is 1.83. The van der Waals surface area contributed by atoms with Crippen LogP contribution in [0.25, 0.3) is 0 Å². The standard InChI is InChI=1S/C13H28N2OS/c1-12(2)16-9-4-6-14-7-8-15(3)13-5-10-17-11-13/h12-14H,4-11H2,1-3H3. The molecule has 1 aliphatic heterocycles. The first-order chi connectivity index (χ1) is 8.20. The molecule has 1 aliphatic rings. The summed E-state index contributed by atoms with van der Waals surface area (Å²) in [6, 6.07) is 0.811. The third-order valence-electron chi connectivity index (χ3n) is 3.12. The topological polar surface area (TPSA) is 24.5 Å². The first kappa shape index (κ1) is 15.3. The molecule has 0 aliphatic carbocycles. The summed E-state index contributed by atoms with van der Waals surface area (Å²) in [6.45, 7) is 8.37. The van der Waals surface area contributed by atoms with Crippen LogP contribution in [0.2, 0.25) is 0 Å². The summed E-state index contributed by atoms with van der Waals surface area (Å²) in [4.78, 5) is 2.50. The van der Waals surface area contributed by atoms with Gasteiger partial charge in [-0.3, -0.25) is 0 Å². The molecule has 0 aromatic heterocycles. The Kier molecular flexibility index (Phi) is 8.27. The van der Waals surface area contributed by atoms with E-state index in [-0.39, 0.29) is 0 Å². The van der Waals surface area contributed by atoms with E-state index in [0.717, 1.165) is 38.7 Å². The lowest BCUT2D eigenvalue weighted by molar-refractivity contribution is 0.0770. The van der Waals surface area contributed by atoms with Gasteiger partial charge in [-0.05, 0) is 46.0 Å². The van der Waals surface area contributed by atoms with Gasteiger partial charge in [0.15, 0.2) is 0 Å². The van der Waals surface area contributed by atoms with Crippen LogP contribution in [-0.2, 0) is 4.74 Å². The van der Waals surface area contributed by atoms with Crippen LogP contribution >= 0.6 is 11.8 Å². The molecule has 0 aromatic carbocycles. The fourth-order valence-electron chi connectivity index (χ4n) is 1.95. The fraction of sp³-hybridized carbons (Fsp3) is 1.00. The molecule has 1 N–H and O–H groups in total. The van der Waals surface area contributed by atoms with Crippen molar-refractivity contribution in [2.24, 2.45) is 0 Å². The summed E-state index contributed by atoms with van der Waals surface area (Å²) >= 11 is 2.08. The predicted molar refractivity (Wildman–Crippen MR) is 76.9 cm³/mol. The minimum Gasteiger partial charge on any atom is -0.379 e. The zero-order chi connectivity index (χ0) is 12.5. The summed E-state index contributed by atoms with van der Waals surface area (Å²) in [5.41, 5.74) is 0. The molecule has 102 valence electrons. The molecule has 4 heteroatoms. The minimum absolute atomic E-state index is 0.362. The lowest BCUT2D eigenvalue weighted by Crippen LogP contribution is -2.37. The third kappa shape index (κ3) is 7.29. The quantitative estimate of drug-likeness (QED) is 0.639. The molecule has 1 fully saturated rings. The van der Waals surface area contributed by atoms with Gasteiger partial charge in [0, 0.05) is 31.5 Å². The number of likely N-dealkylation sites (N-methyl/N-ethyl adjacent to an activating group) is 1. The van der Waals surface area contributed by atoms with Crippen molar-refractivity contribution in [2.75, 3.05) is 44.8 Å². The first-order valence-electron chi connectivity index (χ1n) is 6.80. The molecule has 17 heavy (non-hydrogen) atoms. The lowest BCUT2D eigenvalue weighted by Gasteiger charge is -2.23. The monoisotopic (exact) mass is 260 g/mol. The van der Waals surface area contributed by atoms with E-state index in [0.29, 0.717) is 6.10 Å². The fourth-order valence-corrected chi connectivity index (χ4v) is 3.25. The largest absolute Gasteiger partial charge is 0.379 e. The van der Waals surface area contributed by atoms with E-state index in [1.165, 1.54) is 17.9 Å². The van der Waals surface area contributed by atoms with E-state index in [1.807, 2.05) is 0 Å². The van der Waals surface area contributed by atoms with Crippen LogP contribution in [0.3, 0.4) is 0 Å². The Hall–Kier alpha value is 0.230. The number of hydrogen-bond donors (Lipinski definition) is 1. The molecule has 1 atom stereocenters. The van der Waals surface area contributed by atoms with E-state index in [4.69, 9.17) is 4.74 Å². The van der Waals surface area contributed by atoms with Crippen molar-refractivity contribution in [1.82, 2.24) is 10.2 Å². The van der Waals surface area contributed by atoms with Gasteiger partial charge >= 0.3 is 0 Å². The van der Waals surface area contributed by atoms with Crippen LogP contribution in [0.5, 0.6) is 0 Å². The smallest absolute Gasteiger partial charge is 0.0518 e. The maximum absolute atomic E-state index is 5.50. The Balaban J connectivity index is 1.86. The van der Waals surface area contributed by atoms with E-state index < -0.39 is 0 Å². The lowest BCUT2D eigenvalue weighted by atomic mass is 10.2. The molecule has 3 nitrogen and oxygen atoms in total. The molecule has 1 unspecified atom stereocenters. The van der Waals surface area contributed by atoms with Gasteiger partial charge in [-0.15, -0.1) is 0 Å². The Morgan fingerprint density at radius 1 is 1.41 bits per heavy atom. The SMILES string of the molecule is CC(C)OCCCNCCN(C)C1CCSC1. The number of nitrogens with one attached hydrogen (secondary N) is 1. The van der Waals surface area contributed by atoms with Crippen molar-refractivity contribution in [3.8, 4) is 0 Å². The van der Waals surface area contributed by atoms with Crippen LogP contribution in [-0.4, -0.2) is 61.8 Å². The van der Waals surface area contributed by atoms with Gasteiger partial charge in [0.1, 0.15) is 0 Å². The van der Waals surface area contributed by atoms with Crippen molar-refractivity contribution >= 4 is 11.8 Å². The van der Waals surface area contributed by atoms with Crippen molar-refractivity contribution in [1.29, 1.82) is 0 Å². The Bertz CT molecular complexity index is 184.